The van der Waals surface area contributed by atoms with Crippen molar-refractivity contribution in [1.82, 2.24) is 9.71 Å². The number of hydrogen-bond donors (Lipinski definition) is 2. The van der Waals surface area contributed by atoms with E-state index in [1.807, 2.05) is 6.07 Å². The number of aliphatic carboxylic acids is 1. The molecule has 0 saturated carbocycles. The largest absolute Gasteiger partial charge is 0.480 e. The van der Waals surface area contributed by atoms with E-state index in [1.165, 1.54) is 12.3 Å². The van der Waals surface area contributed by atoms with Gasteiger partial charge in [0.1, 0.15) is 6.04 Å². The van der Waals surface area contributed by atoms with Gasteiger partial charge in [-0.3, -0.25) is 9.78 Å². The van der Waals surface area contributed by atoms with Crippen molar-refractivity contribution in [2.75, 3.05) is 0 Å². The van der Waals surface area contributed by atoms with Gasteiger partial charge in [-0.2, -0.15) is 4.72 Å². The lowest BCUT2D eigenvalue weighted by Crippen LogP contribution is -2.42. The van der Waals surface area contributed by atoms with E-state index in [0.717, 1.165) is 5.56 Å². The summed E-state index contributed by atoms with van der Waals surface area (Å²) in [5, 5.41) is 10.6. The average Bonchev–Trinajstić information content (AvgIpc) is 2.61. The van der Waals surface area contributed by atoms with Crippen LogP contribution in [0.25, 0.3) is 10.8 Å². The van der Waals surface area contributed by atoms with Crippen LogP contribution in [0.5, 0.6) is 0 Å². The van der Waals surface area contributed by atoms with Crippen LogP contribution in [0.15, 0.2) is 71.9 Å². The zero-order chi connectivity index (χ0) is 17.9. The monoisotopic (exact) mass is 356 g/mol. The third kappa shape index (κ3) is 3.84. The molecule has 0 fully saturated rings. The van der Waals surface area contributed by atoms with Gasteiger partial charge in [0.05, 0.1) is 4.90 Å². The van der Waals surface area contributed by atoms with Gasteiger partial charge < -0.3 is 5.11 Å². The van der Waals surface area contributed by atoms with Crippen LogP contribution in [0.3, 0.4) is 0 Å². The highest BCUT2D eigenvalue weighted by Gasteiger charge is 2.26. The summed E-state index contributed by atoms with van der Waals surface area (Å²) in [4.78, 5) is 15.5. The SMILES string of the molecule is O=C(O)[C@H](Cc1ccccc1)NS(=O)(=O)c1cccc2cnccc12. The molecule has 0 aliphatic carbocycles. The number of sulfonamides is 1. The fraction of sp³-hybridized carbons (Fsp3) is 0.111. The Kier molecular flexibility index (Phi) is 4.78. The molecular weight excluding hydrogens is 340 g/mol. The van der Waals surface area contributed by atoms with E-state index >= 15 is 0 Å². The van der Waals surface area contributed by atoms with Crippen molar-refractivity contribution in [3.05, 3.63) is 72.6 Å². The summed E-state index contributed by atoms with van der Waals surface area (Å²) in [5.74, 6) is -1.23. The number of nitrogens with one attached hydrogen (secondary N) is 1. The van der Waals surface area contributed by atoms with Crippen molar-refractivity contribution in [3.8, 4) is 0 Å². The molecule has 0 amide bonds. The molecule has 0 bridgehead atoms. The van der Waals surface area contributed by atoms with Gasteiger partial charge in [-0.25, -0.2) is 8.42 Å². The lowest BCUT2D eigenvalue weighted by Gasteiger charge is -2.16. The molecule has 25 heavy (non-hydrogen) atoms. The van der Waals surface area contributed by atoms with E-state index < -0.39 is 22.0 Å². The number of fused-ring (bicyclic) bond motifs is 1. The number of carboxylic acids is 1. The maximum Gasteiger partial charge on any atom is 0.322 e. The molecule has 128 valence electrons. The molecule has 3 rings (SSSR count). The van der Waals surface area contributed by atoms with Crippen molar-refractivity contribution in [1.29, 1.82) is 0 Å². The van der Waals surface area contributed by atoms with Gasteiger partial charge in [0.2, 0.25) is 10.0 Å². The summed E-state index contributed by atoms with van der Waals surface area (Å²) in [6.45, 7) is 0. The van der Waals surface area contributed by atoms with E-state index in [1.54, 1.807) is 48.7 Å². The molecule has 0 radical (unpaired) electrons. The smallest absolute Gasteiger partial charge is 0.322 e. The van der Waals surface area contributed by atoms with Gasteiger partial charge in [-0.05, 0) is 24.1 Å². The Morgan fingerprint density at radius 1 is 1.08 bits per heavy atom. The van der Waals surface area contributed by atoms with Gasteiger partial charge in [-0.1, -0.05) is 42.5 Å². The quantitative estimate of drug-likeness (QED) is 0.706. The fourth-order valence-electron chi connectivity index (χ4n) is 2.61. The standard InChI is InChI=1S/C18H16N2O4S/c21-18(22)16(11-13-5-2-1-3-6-13)20-25(23,24)17-8-4-7-14-12-19-10-9-15(14)17/h1-10,12,16,20H,11H2,(H,21,22)/t16-/m0/s1. The minimum Gasteiger partial charge on any atom is -0.480 e. The van der Waals surface area contributed by atoms with Crippen LogP contribution in [0.4, 0.5) is 0 Å². The molecule has 6 nitrogen and oxygen atoms in total. The summed E-state index contributed by atoms with van der Waals surface area (Å²) < 4.78 is 27.8. The molecule has 0 aliphatic heterocycles. The van der Waals surface area contributed by atoms with Crippen molar-refractivity contribution in [2.24, 2.45) is 0 Å². The topological polar surface area (TPSA) is 96.4 Å². The molecule has 0 aliphatic rings. The van der Waals surface area contributed by atoms with Crippen LogP contribution in [0.2, 0.25) is 0 Å². The van der Waals surface area contributed by atoms with Gasteiger partial charge >= 0.3 is 5.97 Å². The first kappa shape index (κ1) is 17.1. The number of rotatable bonds is 6. The minimum atomic E-state index is -4.01. The van der Waals surface area contributed by atoms with Gasteiger partial charge in [0.15, 0.2) is 0 Å². The van der Waals surface area contributed by atoms with E-state index in [0.29, 0.717) is 10.8 Å². The van der Waals surface area contributed by atoms with E-state index in [-0.39, 0.29) is 11.3 Å². The van der Waals surface area contributed by atoms with E-state index in [9.17, 15) is 18.3 Å². The lowest BCUT2D eigenvalue weighted by atomic mass is 10.1. The molecular formula is C18H16N2O4S. The first-order valence-corrected chi connectivity index (χ1v) is 9.07. The van der Waals surface area contributed by atoms with Crippen molar-refractivity contribution in [3.63, 3.8) is 0 Å². The number of carbonyl (C=O) groups is 1. The fourth-order valence-corrected chi connectivity index (χ4v) is 4.03. The molecule has 2 N–H and O–H groups in total. The highest BCUT2D eigenvalue weighted by Crippen LogP contribution is 2.22. The predicted octanol–water partition coefficient (Wildman–Crippen LogP) is 2.21. The summed E-state index contributed by atoms with van der Waals surface area (Å²) in [6.07, 6.45) is 3.12. The van der Waals surface area contributed by atoms with Crippen LogP contribution in [0, 0.1) is 0 Å². The maximum absolute atomic E-state index is 12.8. The Labute approximate surface area is 145 Å². The number of carboxylic acid groups (broad SMARTS) is 1. The number of nitrogens with zero attached hydrogens (tertiary/aromatic N) is 1. The molecule has 1 aromatic heterocycles. The summed E-state index contributed by atoms with van der Waals surface area (Å²) in [5.41, 5.74) is 0.736. The highest BCUT2D eigenvalue weighted by molar-refractivity contribution is 7.89. The zero-order valence-electron chi connectivity index (χ0n) is 13.2. The van der Waals surface area contributed by atoms with Gasteiger partial charge in [-0.15, -0.1) is 0 Å². The average molecular weight is 356 g/mol. The van der Waals surface area contributed by atoms with Crippen molar-refractivity contribution < 1.29 is 18.3 Å². The highest BCUT2D eigenvalue weighted by atomic mass is 32.2. The molecule has 1 atom stereocenters. The van der Waals surface area contributed by atoms with Crippen LogP contribution >= 0.6 is 0 Å². The molecule has 2 aromatic carbocycles. The van der Waals surface area contributed by atoms with Gasteiger partial charge in [0.25, 0.3) is 0 Å². The Morgan fingerprint density at radius 2 is 1.84 bits per heavy atom. The normalized spacial score (nSPS) is 12.8. The Hall–Kier alpha value is -2.77. The molecule has 0 spiro atoms. The minimum absolute atomic E-state index is 0.0340. The lowest BCUT2D eigenvalue weighted by molar-refractivity contribution is -0.138. The molecule has 0 saturated heterocycles. The zero-order valence-corrected chi connectivity index (χ0v) is 14.0. The second-order valence-electron chi connectivity index (χ2n) is 5.55. The van der Waals surface area contributed by atoms with Crippen LogP contribution in [-0.2, 0) is 21.2 Å². The molecule has 3 aromatic rings. The first-order valence-electron chi connectivity index (χ1n) is 7.59. The first-order chi connectivity index (χ1) is 12.0. The Morgan fingerprint density at radius 3 is 2.56 bits per heavy atom. The van der Waals surface area contributed by atoms with Crippen molar-refractivity contribution >= 4 is 26.8 Å². The van der Waals surface area contributed by atoms with Crippen LogP contribution in [-0.4, -0.2) is 30.5 Å². The third-order valence-electron chi connectivity index (χ3n) is 3.81. The molecule has 1 heterocycles. The van der Waals surface area contributed by atoms with Gasteiger partial charge in [0, 0.05) is 23.2 Å². The number of hydrogen-bond acceptors (Lipinski definition) is 4. The van der Waals surface area contributed by atoms with E-state index in [4.69, 9.17) is 0 Å². The number of pyridine rings is 1. The van der Waals surface area contributed by atoms with Crippen LogP contribution < -0.4 is 4.72 Å². The predicted molar refractivity (Wildman–Crippen MR) is 93.6 cm³/mol. The molecule has 0 unspecified atom stereocenters. The number of aromatic nitrogens is 1. The second kappa shape index (κ2) is 7.00. The second-order valence-corrected chi connectivity index (χ2v) is 7.24. The van der Waals surface area contributed by atoms with Crippen LogP contribution in [0.1, 0.15) is 5.56 Å². The summed E-state index contributed by atoms with van der Waals surface area (Å²) in [7, 11) is -4.01. The number of benzene rings is 2. The van der Waals surface area contributed by atoms with E-state index in [2.05, 4.69) is 9.71 Å². The Balaban J connectivity index is 1.94. The third-order valence-corrected chi connectivity index (χ3v) is 5.34. The summed E-state index contributed by atoms with van der Waals surface area (Å²) in [6, 6.07) is 14.0. The maximum atomic E-state index is 12.8. The van der Waals surface area contributed by atoms with Crippen molar-refractivity contribution in [2.45, 2.75) is 17.4 Å². The Bertz CT molecular complexity index is 999. The molecule has 7 heteroatoms. The summed E-state index contributed by atoms with van der Waals surface area (Å²) >= 11 is 0.